The fraction of sp³-hybridized carbons (Fsp3) is 0.400. The van der Waals surface area contributed by atoms with Gasteiger partial charge in [-0.15, -0.1) is 0 Å². The van der Waals surface area contributed by atoms with Gasteiger partial charge in [-0.2, -0.15) is 0 Å². The number of nitrogens with zero attached hydrogens (tertiary/aromatic N) is 1. The van der Waals surface area contributed by atoms with E-state index in [9.17, 15) is 4.79 Å². The molecule has 1 aliphatic rings. The Bertz CT molecular complexity index is 336. The standard InChI is InChI=1S/C10H12N2O3/c13-10(14)12-7-5-9(6-7)15-8-1-3-11-4-2-8/h1-4,7,9,12H,5-6H2,(H,13,14)/t7-,9-. The maximum Gasteiger partial charge on any atom is 0.404 e. The van der Waals surface area contributed by atoms with Crippen LogP contribution in [0.1, 0.15) is 12.8 Å². The van der Waals surface area contributed by atoms with Crippen molar-refractivity contribution in [3.05, 3.63) is 24.5 Å². The first-order valence-corrected chi connectivity index (χ1v) is 4.80. The lowest BCUT2D eigenvalue weighted by Gasteiger charge is -2.34. The second-order valence-corrected chi connectivity index (χ2v) is 3.54. The normalized spacial score (nSPS) is 24.0. The topological polar surface area (TPSA) is 71.5 Å². The van der Waals surface area contributed by atoms with E-state index >= 15 is 0 Å². The van der Waals surface area contributed by atoms with Crippen LogP contribution in [0.2, 0.25) is 0 Å². The van der Waals surface area contributed by atoms with Crippen LogP contribution in [-0.4, -0.2) is 28.3 Å². The van der Waals surface area contributed by atoms with Crippen LogP contribution in [-0.2, 0) is 0 Å². The average molecular weight is 208 g/mol. The Kier molecular flexibility index (Phi) is 2.71. The Hall–Kier alpha value is -1.78. The van der Waals surface area contributed by atoms with Gasteiger partial charge in [0, 0.05) is 31.3 Å². The molecule has 1 fully saturated rings. The molecule has 0 atom stereocenters. The summed E-state index contributed by atoms with van der Waals surface area (Å²) in [6, 6.07) is 3.62. The van der Waals surface area contributed by atoms with Crippen molar-refractivity contribution in [3.63, 3.8) is 0 Å². The highest BCUT2D eigenvalue weighted by Gasteiger charge is 2.31. The number of pyridine rings is 1. The third-order valence-electron chi connectivity index (χ3n) is 2.37. The van der Waals surface area contributed by atoms with Crippen LogP contribution in [0.4, 0.5) is 4.79 Å². The summed E-state index contributed by atoms with van der Waals surface area (Å²) in [6.07, 6.45) is 3.94. The monoisotopic (exact) mass is 208 g/mol. The molecule has 5 heteroatoms. The van der Waals surface area contributed by atoms with E-state index in [1.165, 1.54) is 0 Å². The van der Waals surface area contributed by atoms with Gasteiger partial charge in [0.15, 0.2) is 0 Å². The molecule has 0 aromatic carbocycles. The summed E-state index contributed by atoms with van der Waals surface area (Å²) in [5.41, 5.74) is 0. The van der Waals surface area contributed by atoms with Gasteiger partial charge in [0.05, 0.1) is 0 Å². The molecule has 1 aliphatic carbocycles. The lowest BCUT2D eigenvalue weighted by atomic mass is 9.89. The van der Waals surface area contributed by atoms with Crippen LogP contribution < -0.4 is 10.1 Å². The van der Waals surface area contributed by atoms with E-state index in [4.69, 9.17) is 9.84 Å². The number of carboxylic acid groups (broad SMARTS) is 1. The van der Waals surface area contributed by atoms with Gasteiger partial charge in [-0.3, -0.25) is 4.98 Å². The predicted molar refractivity (Wildman–Crippen MR) is 52.8 cm³/mol. The quantitative estimate of drug-likeness (QED) is 0.784. The second kappa shape index (κ2) is 4.16. The zero-order valence-corrected chi connectivity index (χ0v) is 8.09. The summed E-state index contributed by atoms with van der Waals surface area (Å²) in [7, 11) is 0. The minimum absolute atomic E-state index is 0.0364. The van der Waals surface area contributed by atoms with Crippen molar-refractivity contribution in [2.45, 2.75) is 25.0 Å². The molecule has 80 valence electrons. The molecule has 5 nitrogen and oxygen atoms in total. The minimum Gasteiger partial charge on any atom is -0.490 e. The molecular formula is C10H12N2O3. The molecule has 1 aromatic heterocycles. The predicted octanol–water partition coefficient (Wildman–Crippen LogP) is 1.26. The van der Waals surface area contributed by atoms with Crippen LogP contribution in [0.3, 0.4) is 0 Å². The number of ether oxygens (including phenoxy) is 1. The molecule has 1 heterocycles. The van der Waals surface area contributed by atoms with Crippen LogP contribution in [0.5, 0.6) is 5.75 Å². The first-order valence-electron chi connectivity index (χ1n) is 4.80. The average Bonchev–Trinajstić information content (AvgIpc) is 2.15. The van der Waals surface area contributed by atoms with Gasteiger partial charge >= 0.3 is 6.09 Å². The Morgan fingerprint density at radius 3 is 2.73 bits per heavy atom. The van der Waals surface area contributed by atoms with Crippen molar-refractivity contribution >= 4 is 6.09 Å². The molecule has 1 amide bonds. The SMILES string of the molecule is O=C(O)N[C@H]1C[C@H](Oc2ccncc2)C1. The highest BCUT2D eigenvalue weighted by Crippen LogP contribution is 2.25. The maximum atomic E-state index is 10.3. The van der Waals surface area contributed by atoms with Crippen molar-refractivity contribution in [1.29, 1.82) is 0 Å². The van der Waals surface area contributed by atoms with Gasteiger partial charge in [-0.25, -0.2) is 4.79 Å². The number of nitrogens with one attached hydrogen (secondary N) is 1. The van der Waals surface area contributed by atoms with Crippen molar-refractivity contribution in [2.75, 3.05) is 0 Å². The van der Waals surface area contributed by atoms with Gasteiger partial charge in [0.25, 0.3) is 0 Å². The summed E-state index contributed by atoms with van der Waals surface area (Å²) in [4.78, 5) is 14.2. The van der Waals surface area contributed by atoms with Gasteiger partial charge in [-0.1, -0.05) is 0 Å². The van der Waals surface area contributed by atoms with E-state index in [0.29, 0.717) is 0 Å². The summed E-state index contributed by atoms with van der Waals surface area (Å²) >= 11 is 0. The largest absolute Gasteiger partial charge is 0.490 e. The van der Waals surface area contributed by atoms with E-state index in [0.717, 1.165) is 18.6 Å². The van der Waals surface area contributed by atoms with E-state index in [1.54, 1.807) is 24.5 Å². The smallest absolute Gasteiger partial charge is 0.404 e. The third-order valence-corrected chi connectivity index (χ3v) is 2.37. The van der Waals surface area contributed by atoms with Crippen LogP contribution in [0.25, 0.3) is 0 Å². The highest BCUT2D eigenvalue weighted by atomic mass is 16.5. The molecule has 0 radical (unpaired) electrons. The number of hydrogen-bond acceptors (Lipinski definition) is 3. The number of aromatic nitrogens is 1. The Labute approximate surface area is 87.1 Å². The number of hydrogen-bond donors (Lipinski definition) is 2. The summed E-state index contributed by atoms with van der Waals surface area (Å²) in [5.74, 6) is 0.781. The fourth-order valence-electron chi connectivity index (χ4n) is 1.56. The highest BCUT2D eigenvalue weighted by molar-refractivity contribution is 5.65. The Morgan fingerprint density at radius 2 is 2.13 bits per heavy atom. The van der Waals surface area contributed by atoms with Crippen LogP contribution in [0.15, 0.2) is 24.5 Å². The van der Waals surface area contributed by atoms with Crippen molar-refractivity contribution in [2.24, 2.45) is 0 Å². The minimum atomic E-state index is -0.970. The van der Waals surface area contributed by atoms with E-state index in [2.05, 4.69) is 10.3 Å². The molecule has 15 heavy (non-hydrogen) atoms. The number of amides is 1. The third kappa shape index (κ3) is 2.59. The fourth-order valence-corrected chi connectivity index (χ4v) is 1.56. The molecule has 1 aromatic rings. The van der Waals surface area contributed by atoms with Crippen molar-refractivity contribution in [3.8, 4) is 5.75 Å². The molecule has 0 saturated heterocycles. The molecule has 1 saturated carbocycles. The molecule has 2 rings (SSSR count). The van der Waals surface area contributed by atoms with Gasteiger partial charge in [-0.05, 0) is 12.1 Å². The van der Waals surface area contributed by atoms with Crippen molar-refractivity contribution < 1.29 is 14.6 Å². The van der Waals surface area contributed by atoms with Crippen LogP contribution in [0, 0.1) is 0 Å². The molecule has 0 unspecified atom stereocenters. The number of carbonyl (C=O) groups is 1. The van der Waals surface area contributed by atoms with E-state index in [1.807, 2.05) is 0 Å². The summed E-state index contributed by atoms with van der Waals surface area (Å²) in [6.45, 7) is 0. The first kappa shape index (κ1) is 9.76. The zero-order valence-electron chi connectivity index (χ0n) is 8.09. The van der Waals surface area contributed by atoms with Gasteiger partial charge in [0.1, 0.15) is 11.9 Å². The Morgan fingerprint density at radius 1 is 1.47 bits per heavy atom. The summed E-state index contributed by atoms with van der Waals surface area (Å²) in [5, 5.41) is 10.9. The van der Waals surface area contributed by atoms with Crippen molar-refractivity contribution in [1.82, 2.24) is 10.3 Å². The lowest BCUT2D eigenvalue weighted by Crippen LogP contribution is -2.48. The molecule has 0 aliphatic heterocycles. The molecule has 0 spiro atoms. The van der Waals surface area contributed by atoms with Crippen LogP contribution >= 0.6 is 0 Å². The number of rotatable bonds is 3. The molecule has 2 N–H and O–H groups in total. The van der Waals surface area contributed by atoms with E-state index in [-0.39, 0.29) is 12.1 Å². The lowest BCUT2D eigenvalue weighted by molar-refractivity contribution is 0.0833. The Balaban J connectivity index is 1.74. The van der Waals surface area contributed by atoms with Gasteiger partial charge in [0.2, 0.25) is 0 Å². The first-order chi connectivity index (χ1) is 7.24. The second-order valence-electron chi connectivity index (χ2n) is 3.54. The molecule has 0 bridgehead atoms. The van der Waals surface area contributed by atoms with Gasteiger partial charge < -0.3 is 15.2 Å². The summed E-state index contributed by atoms with van der Waals surface area (Å²) < 4.78 is 5.59. The molecular weight excluding hydrogens is 196 g/mol. The maximum absolute atomic E-state index is 10.3. The zero-order chi connectivity index (χ0) is 10.7. The van der Waals surface area contributed by atoms with E-state index < -0.39 is 6.09 Å².